The van der Waals surface area contributed by atoms with Crippen molar-refractivity contribution in [2.24, 2.45) is 11.8 Å². The summed E-state index contributed by atoms with van der Waals surface area (Å²) in [5.74, 6) is -1.38. The van der Waals surface area contributed by atoms with Crippen LogP contribution in [0.5, 0.6) is 0 Å². The molecule has 2 aliphatic heterocycles. The minimum absolute atomic E-state index is 0.102. The fourth-order valence-corrected chi connectivity index (χ4v) is 9.68. The molecule has 5 rings (SSSR count). The third-order valence-electron chi connectivity index (χ3n) is 12.4. The molecule has 3 saturated carbocycles. The first-order chi connectivity index (χ1) is 22.9. The Morgan fingerprint density at radius 2 is 0.833 bits per heavy atom. The maximum absolute atomic E-state index is 13.6. The third-order valence-corrected chi connectivity index (χ3v) is 12.4. The molecule has 0 aromatic heterocycles. The molecular weight excluding hydrogens is 616 g/mol. The SMILES string of the molecule is O=C(O)CN(CC(=O)N1CCC(O)(CC2CCCC2)CC1)C1CCCCC1N(CC(=O)O)CC(=O)N1CCC(O)(CC2CCCC2)CC1. The van der Waals surface area contributed by atoms with Crippen molar-refractivity contribution in [2.45, 2.75) is 139 Å². The van der Waals surface area contributed by atoms with E-state index in [9.17, 15) is 39.6 Å². The van der Waals surface area contributed by atoms with Crippen molar-refractivity contribution in [1.82, 2.24) is 19.6 Å². The highest BCUT2D eigenvalue weighted by Crippen LogP contribution is 2.38. The Morgan fingerprint density at radius 3 is 1.15 bits per heavy atom. The zero-order valence-corrected chi connectivity index (χ0v) is 28.9. The number of carbonyl (C=O) groups excluding carboxylic acids is 2. The van der Waals surface area contributed by atoms with E-state index in [0.717, 1.165) is 51.4 Å². The first kappa shape index (κ1) is 37.0. The van der Waals surface area contributed by atoms with Gasteiger partial charge in [0, 0.05) is 38.3 Å². The molecule has 0 aromatic carbocycles. The second-order valence-corrected chi connectivity index (χ2v) is 15.9. The standard InChI is InChI=1S/C36H60N4O8/c41-31(37-17-13-35(47,14-18-37)21-27-7-1-2-8-27)23-39(25-33(43)44)29-11-5-6-12-30(29)40(26-34(45)46)24-32(42)38-19-15-36(48,16-20-38)22-28-9-3-4-10-28/h27-30,47-48H,1-26H2,(H,43,44)(H,45,46). The fraction of sp³-hybridized carbons (Fsp3) is 0.889. The van der Waals surface area contributed by atoms with Crippen LogP contribution in [0.2, 0.25) is 0 Å². The molecule has 2 saturated heterocycles. The Labute approximate surface area is 285 Å². The van der Waals surface area contributed by atoms with Crippen molar-refractivity contribution >= 4 is 23.8 Å². The second-order valence-electron chi connectivity index (χ2n) is 15.9. The Bertz CT molecular complexity index is 1020. The molecule has 2 heterocycles. The number of piperidine rings is 2. The molecule has 272 valence electrons. The van der Waals surface area contributed by atoms with Crippen molar-refractivity contribution in [3.8, 4) is 0 Å². The van der Waals surface area contributed by atoms with E-state index in [1.807, 2.05) is 0 Å². The molecule has 3 aliphatic carbocycles. The van der Waals surface area contributed by atoms with Gasteiger partial charge in [0.25, 0.3) is 0 Å². The van der Waals surface area contributed by atoms with E-state index in [-0.39, 0.29) is 38.0 Å². The summed E-state index contributed by atoms with van der Waals surface area (Å²) in [6.07, 6.45) is 16.0. The van der Waals surface area contributed by atoms with Gasteiger partial charge in [0.1, 0.15) is 0 Å². The van der Waals surface area contributed by atoms with Crippen LogP contribution in [-0.4, -0.2) is 139 Å². The summed E-state index contributed by atoms with van der Waals surface area (Å²) in [6, 6.07) is -0.791. The van der Waals surface area contributed by atoms with Gasteiger partial charge in [0.15, 0.2) is 0 Å². The van der Waals surface area contributed by atoms with E-state index in [4.69, 9.17) is 0 Å². The van der Waals surface area contributed by atoms with Gasteiger partial charge in [-0.3, -0.25) is 29.0 Å². The molecule has 48 heavy (non-hydrogen) atoms. The predicted molar refractivity (Wildman–Crippen MR) is 179 cm³/mol. The topological polar surface area (TPSA) is 162 Å². The highest BCUT2D eigenvalue weighted by atomic mass is 16.4. The van der Waals surface area contributed by atoms with E-state index in [0.29, 0.717) is 76.5 Å². The lowest BCUT2D eigenvalue weighted by Gasteiger charge is -2.45. The van der Waals surface area contributed by atoms with E-state index < -0.39 is 35.2 Å². The second kappa shape index (κ2) is 16.6. The number of hydrogen-bond acceptors (Lipinski definition) is 8. The number of rotatable bonds is 14. The lowest BCUT2D eigenvalue weighted by atomic mass is 9.82. The van der Waals surface area contributed by atoms with Gasteiger partial charge in [-0.25, -0.2) is 0 Å². The Kier molecular flexibility index (Phi) is 12.8. The number of aliphatic carboxylic acids is 2. The van der Waals surface area contributed by atoms with Crippen LogP contribution in [0.1, 0.15) is 116 Å². The molecule has 2 amide bonds. The van der Waals surface area contributed by atoms with Crippen LogP contribution < -0.4 is 0 Å². The molecular formula is C36H60N4O8. The monoisotopic (exact) mass is 676 g/mol. The molecule has 4 N–H and O–H groups in total. The summed E-state index contributed by atoms with van der Waals surface area (Å²) in [5.41, 5.74) is -1.51. The van der Waals surface area contributed by atoms with Gasteiger partial charge in [0.05, 0.1) is 37.4 Å². The number of aliphatic hydroxyl groups is 2. The van der Waals surface area contributed by atoms with Crippen LogP contribution in [0.3, 0.4) is 0 Å². The van der Waals surface area contributed by atoms with Crippen LogP contribution in [0.15, 0.2) is 0 Å². The zero-order valence-electron chi connectivity index (χ0n) is 28.9. The van der Waals surface area contributed by atoms with Gasteiger partial charge in [-0.2, -0.15) is 0 Å². The summed E-state index contributed by atoms with van der Waals surface area (Å²) in [4.78, 5) is 58.2. The molecule has 0 spiro atoms. The smallest absolute Gasteiger partial charge is 0.317 e. The van der Waals surface area contributed by atoms with Crippen LogP contribution in [0.4, 0.5) is 0 Å². The third kappa shape index (κ3) is 10.1. The van der Waals surface area contributed by atoms with E-state index >= 15 is 0 Å². The molecule has 12 heteroatoms. The summed E-state index contributed by atoms with van der Waals surface area (Å²) >= 11 is 0. The minimum atomic E-state index is -1.06. The predicted octanol–water partition coefficient (Wildman–Crippen LogP) is 2.94. The summed E-state index contributed by atoms with van der Waals surface area (Å²) in [6.45, 7) is 0.819. The first-order valence-corrected chi connectivity index (χ1v) is 18.8. The first-order valence-electron chi connectivity index (χ1n) is 18.8. The largest absolute Gasteiger partial charge is 0.480 e. The normalized spacial score (nSPS) is 26.8. The Hall–Kier alpha value is -2.28. The van der Waals surface area contributed by atoms with Gasteiger partial charge in [-0.05, 0) is 63.2 Å². The number of likely N-dealkylation sites (tertiary alicyclic amines) is 2. The van der Waals surface area contributed by atoms with Crippen molar-refractivity contribution < 1.29 is 39.6 Å². The van der Waals surface area contributed by atoms with Crippen LogP contribution in [0, 0.1) is 11.8 Å². The number of hydrogen-bond donors (Lipinski definition) is 4. The van der Waals surface area contributed by atoms with Gasteiger partial charge < -0.3 is 30.2 Å². The van der Waals surface area contributed by atoms with Crippen LogP contribution in [0.25, 0.3) is 0 Å². The zero-order chi connectivity index (χ0) is 34.3. The van der Waals surface area contributed by atoms with Gasteiger partial charge in [-0.1, -0.05) is 64.2 Å². The molecule has 2 unspecified atom stereocenters. The van der Waals surface area contributed by atoms with Gasteiger partial charge >= 0.3 is 11.9 Å². The molecule has 0 radical (unpaired) electrons. The molecule has 0 aromatic rings. The molecule has 12 nitrogen and oxygen atoms in total. The van der Waals surface area contributed by atoms with Crippen LogP contribution >= 0.6 is 0 Å². The van der Waals surface area contributed by atoms with E-state index in [1.54, 1.807) is 19.6 Å². The van der Waals surface area contributed by atoms with Gasteiger partial charge in [0.2, 0.25) is 11.8 Å². The van der Waals surface area contributed by atoms with Crippen molar-refractivity contribution in [2.75, 3.05) is 52.4 Å². The summed E-state index contributed by atoms with van der Waals surface area (Å²) in [7, 11) is 0. The average Bonchev–Trinajstić information content (AvgIpc) is 3.75. The lowest BCUT2D eigenvalue weighted by Crippen LogP contribution is -2.59. The number of carboxylic acids is 2. The van der Waals surface area contributed by atoms with E-state index in [1.165, 1.54) is 25.7 Å². The van der Waals surface area contributed by atoms with Crippen molar-refractivity contribution in [3.05, 3.63) is 0 Å². The number of nitrogens with zero attached hydrogens (tertiary/aromatic N) is 4. The number of carboxylic acid groups (broad SMARTS) is 2. The maximum atomic E-state index is 13.6. The average molecular weight is 677 g/mol. The molecule has 2 atom stereocenters. The number of amides is 2. The van der Waals surface area contributed by atoms with Crippen molar-refractivity contribution in [3.63, 3.8) is 0 Å². The number of carbonyl (C=O) groups is 4. The molecule has 5 fully saturated rings. The maximum Gasteiger partial charge on any atom is 0.317 e. The van der Waals surface area contributed by atoms with Gasteiger partial charge in [-0.15, -0.1) is 0 Å². The molecule has 5 aliphatic rings. The van der Waals surface area contributed by atoms with E-state index in [2.05, 4.69) is 0 Å². The quantitative estimate of drug-likeness (QED) is 0.215. The minimum Gasteiger partial charge on any atom is -0.480 e. The van der Waals surface area contributed by atoms with Crippen molar-refractivity contribution in [1.29, 1.82) is 0 Å². The Balaban J connectivity index is 1.20. The highest BCUT2D eigenvalue weighted by Gasteiger charge is 2.41. The molecule has 0 bridgehead atoms. The summed E-state index contributed by atoms with van der Waals surface area (Å²) < 4.78 is 0. The fourth-order valence-electron chi connectivity index (χ4n) is 9.68. The van der Waals surface area contributed by atoms with Crippen LogP contribution in [-0.2, 0) is 19.2 Å². The highest BCUT2D eigenvalue weighted by molar-refractivity contribution is 5.80. The Morgan fingerprint density at radius 1 is 0.521 bits per heavy atom. The summed E-state index contributed by atoms with van der Waals surface area (Å²) in [5, 5.41) is 42.2. The lowest BCUT2D eigenvalue weighted by molar-refractivity contribution is -0.148.